The maximum atomic E-state index is 11.3. The van der Waals surface area contributed by atoms with E-state index in [0.29, 0.717) is 6.61 Å². The molecule has 1 fully saturated rings. The highest BCUT2D eigenvalue weighted by Crippen LogP contribution is 2.24. The molecule has 1 aliphatic rings. The van der Waals surface area contributed by atoms with Crippen LogP contribution in [0.1, 0.15) is 38.1 Å². The number of imidazole rings is 1. The zero-order valence-electron chi connectivity index (χ0n) is 10.3. The maximum Gasteiger partial charge on any atom is 0.280 e. The van der Waals surface area contributed by atoms with Crippen LogP contribution < -0.4 is 0 Å². The molecule has 1 aromatic rings. The largest absolute Gasteiger partial charge is 0.379 e. The van der Waals surface area contributed by atoms with Gasteiger partial charge < -0.3 is 9.30 Å². The van der Waals surface area contributed by atoms with Crippen molar-refractivity contribution in [3.63, 3.8) is 0 Å². The summed E-state index contributed by atoms with van der Waals surface area (Å²) in [6.45, 7) is 3.41. The molecule has 2 heterocycles. The molecule has 1 unspecified atom stereocenters. The minimum absolute atomic E-state index is 0.0572. The molecule has 7 heteroatoms. The normalized spacial score (nSPS) is 21.1. The quantitative estimate of drug-likeness (QED) is 0.798. The Morgan fingerprint density at radius 1 is 1.61 bits per heavy atom. The lowest BCUT2D eigenvalue weighted by atomic mass is 10.1. The highest BCUT2D eigenvalue weighted by atomic mass is 35.7. The molecule has 18 heavy (non-hydrogen) atoms. The third kappa shape index (κ3) is 3.05. The lowest BCUT2D eigenvalue weighted by Crippen LogP contribution is -2.22. The van der Waals surface area contributed by atoms with Gasteiger partial charge in [0.05, 0.1) is 12.6 Å². The smallest absolute Gasteiger partial charge is 0.280 e. The van der Waals surface area contributed by atoms with E-state index in [9.17, 15) is 8.42 Å². The fourth-order valence-electron chi connectivity index (χ4n) is 2.19. The van der Waals surface area contributed by atoms with Crippen LogP contribution in [0.5, 0.6) is 0 Å². The van der Waals surface area contributed by atoms with Crippen molar-refractivity contribution in [2.45, 2.75) is 43.7 Å². The third-order valence-corrected chi connectivity index (χ3v) is 4.21. The zero-order chi connectivity index (χ0) is 13.2. The molecule has 5 nitrogen and oxygen atoms in total. The second-order valence-corrected chi connectivity index (χ2v) is 6.97. The molecule has 0 aromatic carbocycles. The van der Waals surface area contributed by atoms with E-state index in [0.717, 1.165) is 38.1 Å². The van der Waals surface area contributed by atoms with Gasteiger partial charge in [-0.05, 0) is 19.3 Å². The monoisotopic (exact) mass is 292 g/mol. The van der Waals surface area contributed by atoms with E-state index in [1.54, 1.807) is 0 Å². The van der Waals surface area contributed by atoms with Crippen molar-refractivity contribution >= 4 is 19.7 Å². The van der Waals surface area contributed by atoms with Crippen LogP contribution in [-0.2, 0) is 20.2 Å². The molecule has 1 aromatic heterocycles. The van der Waals surface area contributed by atoms with Gasteiger partial charge >= 0.3 is 0 Å². The first kappa shape index (κ1) is 13.8. The van der Waals surface area contributed by atoms with Gasteiger partial charge in [-0.1, -0.05) is 6.92 Å². The van der Waals surface area contributed by atoms with Crippen LogP contribution in [0.3, 0.4) is 0 Å². The molecule has 0 bridgehead atoms. The van der Waals surface area contributed by atoms with Crippen LogP contribution >= 0.6 is 10.7 Å². The van der Waals surface area contributed by atoms with Crippen LogP contribution in [0, 0.1) is 0 Å². The van der Waals surface area contributed by atoms with Crippen LogP contribution in [0.4, 0.5) is 0 Å². The summed E-state index contributed by atoms with van der Waals surface area (Å²) in [6, 6.07) is 0.167. The van der Waals surface area contributed by atoms with Gasteiger partial charge in [-0.2, -0.15) is 0 Å². The highest BCUT2D eigenvalue weighted by molar-refractivity contribution is 8.13. The number of hydrogen-bond acceptors (Lipinski definition) is 4. The predicted molar refractivity (Wildman–Crippen MR) is 68.4 cm³/mol. The molecule has 0 radical (unpaired) electrons. The average Bonchev–Trinajstić information content (AvgIpc) is 2.75. The number of aromatic nitrogens is 2. The van der Waals surface area contributed by atoms with Crippen molar-refractivity contribution in [2.24, 2.45) is 0 Å². The van der Waals surface area contributed by atoms with Crippen LogP contribution in [0.2, 0.25) is 0 Å². The van der Waals surface area contributed by atoms with Crippen molar-refractivity contribution in [1.29, 1.82) is 0 Å². The molecular weight excluding hydrogens is 276 g/mol. The Hall–Kier alpha value is -0.590. The molecule has 102 valence electrons. The van der Waals surface area contributed by atoms with E-state index in [-0.39, 0.29) is 11.1 Å². The fourth-order valence-corrected chi connectivity index (χ4v) is 2.87. The SMILES string of the molecule is CCCc1nc(S(=O)(=O)Cl)cn1C1CCCOC1. The molecule has 0 amide bonds. The maximum absolute atomic E-state index is 11.3. The minimum Gasteiger partial charge on any atom is -0.379 e. The molecule has 0 aliphatic carbocycles. The molecule has 2 rings (SSSR count). The Labute approximate surface area is 112 Å². The second-order valence-electron chi connectivity index (χ2n) is 4.46. The van der Waals surface area contributed by atoms with E-state index in [2.05, 4.69) is 4.98 Å². The number of ether oxygens (including phenoxy) is 1. The summed E-state index contributed by atoms with van der Waals surface area (Å²) in [5.41, 5.74) is 0. The Kier molecular flexibility index (Phi) is 4.29. The summed E-state index contributed by atoms with van der Waals surface area (Å²) in [7, 11) is 1.59. The summed E-state index contributed by atoms with van der Waals surface area (Å²) in [4.78, 5) is 4.13. The number of nitrogens with zero attached hydrogens (tertiary/aromatic N) is 2. The Morgan fingerprint density at radius 2 is 2.39 bits per heavy atom. The predicted octanol–water partition coefficient (Wildman–Crippen LogP) is 2.11. The van der Waals surface area contributed by atoms with Gasteiger partial charge in [0.2, 0.25) is 0 Å². The van der Waals surface area contributed by atoms with Gasteiger partial charge in [0.25, 0.3) is 9.05 Å². The van der Waals surface area contributed by atoms with Gasteiger partial charge in [0, 0.05) is 29.9 Å². The fraction of sp³-hybridized carbons (Fsp3) is 0.727. The number of hydrogen-bond donors (Lipinski definition) is 0. The first-order valence-electron chi connectivity index (χ1n) is 6.12. The van der Waals surface area contributed by atoms with Crippen molar-refractivity contribution in [2.75, 3.05) is 13.2 Å². The van der Waals surface area contributed by atoms with Crippen LogP contribution in [0.25, 0.3) is 0 Å². The second kappa shape index (κ2) is 5.59. The van der Waals surface area contributed by atoms with Gasteiger partial charge in [-0.3, -0.25) is 0 Å². The van der Waals surface area contributed by atoms with E-state index in [4.69, 9.17) is 15.4 Å². The van der Waals surface area contributed by atoms with Gasteiger partial charge in [-0.15, -0.1) is 0 Å². The average molecular weight is 293 g/mol. The highest BCUT2D eigenvalue weighted by Gasteiger charge is 2.23. The van der Waals surface area contributed by atoms with Crippen molar-refractivity contribution in [1.82, 2.24) is 9.55 Å². The van der Waals surface area contributed by atoms with Crippen LogP contribution in [0.15, 0.2) is 11.2 Å². The standard InChI is InChI=1S/C11H17ClN2O3S/c1-2-4-10-13-11(18(12,15)16)7-14(10)9-5-3-6-17-8-9/h7,9H,2-6,8H2,1H3. The molecular formula is C11H17ClN2O3S. The third-order valence-electron chi connectivity index (χ3n) is 3.04. The Balaban J connectivity index is 2.34. The lowest BCUT2D eigenvalue weighted by Gasteiger charge is -2.24. The van der Waals surface area contributed by atoms with E-state index < -0.39 is 9.05 Å². The molecule has 1 aliphatic heterocycles. The zero-order valence-corrected chi connectivity index (χ0v) is 11.9. The van der Waals surface area contributed by atoms with Crippen molar-refractivity contribution < 1.29 is 13.2 Å². The van der Waals surface area contributed by atoms with Gasteiger partial charge in [0.1, 0.15) is 5.82 Å². The van der Waals surface area contributed by atoms with E-state index >= 15 is 0 Å². The number of aryl methyl sites for hydroxylation is 1. The van der Waals surface area contributed by atoms with Crippen molar-refractivity contribution in [3.8, 4) is 0 Å². The Bertz CT molecular complexity index is 506. The van der Waals surface area contributed by atoms with Crippen LogP contribution in [-0.4, -0.2) is 31.2 Å². The summed E-state index contributed by atoms with van der Waals surface area (Å²) >= 11 is 0. The van der Waals surface area contributed by atoms with Gasteiger partial charge in [-0.25, -0.2) is 13.4 Å². The topological polar surface area (TPSA) is 61.2 Å². The lowest BCUT2D eigenvalue weighted by molar-refractivity contribution is 0.0581. The summed E-state index contributed by atoms with van der Waals surface area (Å²) < 4.78 is 30.0. The summed E-state index contributed by atoms with van der Waals surface area (Å²) in [5, 5.41) is -0.0572. The molecule has 0 spiro atoms. The Morgan fingerprint density at radius 3 is 2.94 bits per heavy atom. The summed E-state index contributed by atoms with van der Waals surface area (Å²) in [6.07, 6.45) is 5.15. The molecule has 1 atom stereocenters. The number of halogens is 1. The minimum atomic E-state index is -3.76. The molecule has 1 saturated heterocycles. The van der Waals surface area contributed by atoms with Gasteiger partial charge in [0.15, 0.2) is 5.03 Å². The molecule has 0 N–H and O–H groups in total. The van der Waals surface area contributed by atoms with E-state index in [1.165, 1.54) is 6.20 Å². The summed E-state index contributed by atoms with van der Waals surface area (Å²) in [5.74, 6) is 0.771. The number of rotatable bonds is 4. The van der Waals surface area contributed by atoms with Crippen molar-refractivity contribution in [3.05, 3.63) is 12.0 Å². The first-order valence-corrected chi connectivity index (χ1v) is 8.43. The molecule has 0 saturated carbocycles. The first-order chi connectivity index (χ1) is 8.52. The van der Waals surface area contributed by atoms with E-state index in [1.807, 2.05) is 11.5 Å².